The second-order valence-corrected chi connectivity index (χ2v) is 10.7. The highest BCUT2D eigenvalue weighted by molar-refractivity contribution is 8.01. The Morgan fingerprint density at radius 1 is 1.21 bits per heavy atom. The summed E-state index contributed by atoms with van der Waals surface area (Å²) < 4.78 is 28.4. The number of anilines is 1. The van der Waals surface area contributed by atoms with E-state index in [0.717, 1.165) is 14.6 Å². The van der Waals surface area contributed by atoms with Gasteiger partial charge in [0.1, 0.15) is 0 Å². The molecule has 0 radical (unpaired) electrons. The van der Waals surface area contributed by atoms with Gasteiger partial charge in [0, 0.05) is 23.8 Å². The van der Waals surface area contributed by atoms with Crippen molar-refractivity contribution < 1.29 is 13.2 Å². The molecule has 6 nitrogen and oxygen atoms in total. The molecule has 0 atom stereocenters. The maximum absolute atomic E-state index is 12.6. The van der Waals surface area contributed by atoms with Crippen LogP contribution in [0.2, 0.25) is 5.02 Å². The van der Waals surface area contributed by atoms with Crippen LogP contribution in [0, 0.1) is 0 Å². The van der Waals surface area contributed by atoms with Crippen molar-refractivity contribution in [3.8, 4) is 0 Å². The van der Waals surface area contributed by atoms with Gasteiger partial charge in [0.25, 0.3) is 0 Å². The number of rotatable bonds is 8. The molecule has 1 aromatic heterocycles. The lowest BCUT2D eigenvalue weighted by atomic mass is 10.3. The van der Waals surface area contributed by atoms with Crippen molar-refractivity contribution in [2.24, 2.45) is 0 Å². The molecular weight excluding hydrogens is 450 g/mol. The van der Waals surface area contributed by atoms with Crippen molar-refractivity contribution in [3.05, 3.63) is 47.5 Å². The molecule has 0 aliphatic rings. The second kappa shape index (κ2) is 9.44. The molecular formula is C19H20ClN3O3S3. The topological polar surface area (TPSA) is 79.4 Å². The number of thiazole rings is 1. The average Bonchev–Trinajstić information content (AvgIpc) is 3.09. The van der Waals surface area contributed by atoms with Crippen LogP contribution >= 0.6 is 34.7 Å². The lowest BCUT2D eigenvalue weighted by molar-refractivity contribution is -0.113. The first-order valence-corrected chi connectivity index (χ1v) is 12.5. The molecule has 0 fully saturated rings. The Morgan fingerprint density at radius 2 is 1.97 bits per heavy atom. The van der Waals surface area contributed by atoms with Crippen molar-refractivity contribution >= 4 is 66.5 Å². The number of fused-ring (bicyclic) bond motifs is 1. The van der Waals surface area contributed by atoms with E-state index in [0.29, 0.717) is 23.8 Å². The maximum Gasteiger partial charge on any atom is 0.243 e. The normalized spacial score (nSPS) is 11.9. The standard InChI is InChI=1S/C19H20ClN3O3S3/c1-3-23(4-2)29(25,26)15-7-5-6-14(11-15)21-18(24)12-27-19-22-16-10-13(20)8-9-17(16)28-19/h5-11H,3-4,12H2,1-2H3,(H,21,24). The lowest BCUT2D eigenvalue weighted by Gasteiger charge is -2.18. The Kier molecular flexibility index (Phi) is 7.18. The van der Waals surface area contributed by atoms with Gasteiger partial charge in [-0.25, -0.2) is 13.4 Å². The van der Waals surface area contributed by atoms with E-state index in [1.807, 2.05) is 12.1 Å². The van der Waals surface area contributed by atoms with Gasteiger partial charge in [-0.15, -0.1) is 11.3 Å². The number of amides is 1. The van der Waals surface area contributed by atoms with E-state index in [1.54, 1.807) is 32.0 Å². The first-order valence-electron chi connectivity index (χ1n) is 8.92. The van der Waals surface area contributed by atoms with Crippen LogP contribution in [0.3, 0.4) is 0 Å². The van der Waals surface area contributed by atoms with Crippen LogP contribution in [0.4, 0.5) is 5.69 Å². The predicted molar refractivity (Wildman–Crippen MR) is 121 cm³/mol. The third-order valence-electron chi connectivity index (χ3n) is 4.12. The molecule has 0 aliphatic heterocycles. The summed E-state index contributed by atoms with van der Waals surface area (Å²) in [5, 5.41) is 3.38. The molecule has 1 heterocycles. The molecule has 0 aliphatic carbocycles. The summed E-state index contributed by atoms with van der Waals surface area (Å²) in [6, 6.07) is 11.8. The number of aromatic nitrogens is 1. The van der Waals surface area contributed by atoms with Gasteiger partial charge >= 0.3 is 0 Å². The van der Waals surface area contributed by atoms with Crippen molar-refractivity contribution in [1.82, 2.24) is 9.29 Å². The van der Waals surface area contributed by atoms with Gasteiger partial charge in [0.2, 0.25) is 15.9 Å². The molecule has 1 amide bonds. The Bertz CT molecular complexity index is 1130. The minimum atomic E-state index is -3.58. The average molecular weight is 470 g/mol. The van der Waals surface area contributed by atoms with Gasteiger partial charge < -0.3 is 5.32 Å². The highest BCUT2D eigenvalue weighted by atomic mass is 35.5. The predicted octanol–water partition coefficient (Wildman–Crippen LogP) is 4.71. The lowest BCUT2D eigenvalue weighted by Crippen LogP contribution is -2.30. The summed E-state index contributed by atoms with van der Waals surface area (Å²) in [5.41, 5.74) is 1.25. The molecule has 0 spiro atoms. The molecule has 2 aromatic carbocycles. The molecule has 0 bridgehead atoms. The molecule has 0 saturated heterocycles. The zero-order valence-electron chi connectivity index (χ0n) is 15.9. The van der Waals surface area contributed by atoms with Gasteiger partial charge in [0.05, 0.1) is 20.9 Å². The maximum atomic E-state index is 12.6. The summed E-state index contributed by atoms with van der Waals surface area (Å²) in [4.78, 5) is 17.0. The number of halogens is 1. The largest absolute Gasteiger partial charge is 0.325 e. The number of benzene rings is 2. The first-order chi connectivity index (χ1) is 13.8. The minimum Gasteiger partial charge on any atom is -0.325 e. The van der Waals surface area contributed by atoms with Gasteiger partial charge in [0.15, 0.2) is 4.34 Å². The van der Waals surface area contributed by atoms with E-state index < -0.39 is 10.0 Å². The quantitative estimate of drug-likeness (QED) is 0.483. The zero-order valence-corrected chi connectivity index (χ0v) is 19.1. The number of hydrogen-bond donors (Lipinski definition) is 1. The molecule has 10 heteroatoms. The number of carbonyl (C=O) groups excluding carboxylic acids is 1. The Hall–Kier alpha value is -1.65. The fraction of sp³-hybridized carbons (Fsp3) is 0.263. The molecule has 0 saturated carbocycles. The van der Waals surface area contributed by atoms with Crippen molar-refractivity contribution in [2.45, 2.75) is 23.1 Å². The SMILES string of the molecule is CCN(CC)S(=O)(=O)c1cccc(NC(=O)CSc2nc3cc(Cl)ccc3s2)c1. The van der Waals surface area contributed by atoms with E-state index in [2.05, 4.69) is 10.3 Å². The highest BCUT2D eigenvalue weighted by Gasteiger charge is 2.21. The van der Waals surface area contributed by atoms with Crippen LogP contribution in [-0.4, -0.2) is 42.5 Å². The Balaban J connectivity index is 1.66. The molecule has 154 valence electrons. The fourth-order valence-corrected chi connectivity index (χ4v) is 6.23. The monoisotopic (exact) mass is 469 g/mol. The number of nitrogens with one attached hydrogen (secondary N) is 1. The third-order valence-corrected chi connectivity index (χ3v) is 8.58. The van der Waals surface area contributed by atoms with Gasteiger partial charge in [-0.05, 0) is 36.4 Å². The van der Waals surface area contributed by atoms with Crippen molar-refractivity contribution in [1.29, 1.82) is 0 Å². The van der Waals surface area contributed by atoms with E-state index in [-0.39, 0.29) is 16.6 Å². The number of sulfonamides is 1. The summed E-state index contributed by atoms with van der Waals surface area (Å²) in [6.45, 7) is 4.36. The number of nitrogens with zero attached hydrogens (tertiary/aromatic N) is 2. The smallest absolute Gasteiger partial charge is 0.243 e. The van der Waals surface area contributed by atoms with Crippen LogP contribution in [0.15, 0.2) is 51.7 Å². The van der Waals surface area contributed by atoms with E-state index in [1.165, 1.54) is 39.5 Å². The van der Waals surface area contributed by atoms with Crippen molar-refractivity contribution in [3.63, 3.8) is 0 Å². The summed E-state index contributed by atoms with van der Waals surface area (Å²) in [6.07, 6.45) is 0. The molecule has 3 rings (SSSR count). The highest BCUT2D eigenvalue weighted by Crippen LogP contribution is 2.31. The second-order valence-electron chi connectivity index (χ2n) is 6.05. The third kappa shape index (κ3) is 5.29. The van der Waals surface area contributed by atoms with Gasteiger partial charge in [-0.2, -0.15) is 4.31 Å². The zero-order chi connectivity index (χ0) is 21.0. The van der Waals surface area contributed by atoms with E-state index in [4.69, 9.17) is 11.6 Å². The van der Waals surface area contributed by atoms with Gasteiger partial charge in [-0.3, -0.25) is 4.79 Å². The summed E-state index contributed by atoms with van der Waals surface area (Å²) in [5.74, 6) is -0.0645. The Labute approximate surface area is 183 Å². The van der Waals surface area contributed by atoms with E-state index in [9.17, 15) is 13.2 Å². The molecule has 3 aromatic rings. The number of hydrogen-bond acceptors (Lipinski definition) is 6. The summed E-state index contributed by atoms with van der Waals surface area (Å²) in [7, 11) is -3.58. The molecule has 1 N–H and O–H groups in total. The first kappa shape index (κ1) is 22.0. The van der Waals surface area contributed by atoms with Crippen molar-refractivity contribution in [2.75, 3.05) is 24.2 Å². The molecule has 29 heavy (non-hydrogen) atoms. The van der Waals surface area contributed by atoms with Gasteiger partial charge in [-0.1, -0.05) is 43.3 Å². The van der Waals surface area contributed by atoms with Crippen LogP contribution in [0.25, 0.3) is 10.2 Å². The Morgan fingerprint density at radius 3 is 2.69 bits per heavy atom. The number of carbonyl (C=O) groups is 1. The summed E-state index contributed by atoms with van der Waals surface area (Å²) >= 11 is 8.80. The molecule has 0 unspecified atom stereocenters. The fourth-order valence-electron chi connectivity index (χ4n) is 2.71. The minimum absolute atomic E-state index is 0.162. The van der Waals surface area contributed by atoms with Crippen LogP contribution in [0.5, 0.6) is 0 Å². The van der Waals surface area contributed by atoms with Crippen LogP contribution in [-0.2, 0) is 14.8 Å². The van der Waals surface area contributed by atoms with Crippen LogP contribution in [0.1, 0.15) is 13.8 Å². The number of thioether (sulfide) groups is 1. The van der Waals surface area contributed by atoms with E-state index >= 15 is 0 Å². The van der Waals surface area contributed by atoms with Crippen LogP contribution < -0.4 is 5.32 Å².